The highest BCUT2D eigenvalue weighted by molar-refractivity contribution is 7.99. The maximum atomic E-state index is 4.57. The average Bonchev–Trinajstić information content (AvgIpc) is 3.10. The molecule has 0 bridgehead atoms. The van der Waals surface area contributed by atoms with Crippen LogP contribution in [0.4, 0.5) is 5.95 Å². The Balaban J connectivity index is 1.78. The number of anilines is 1. The van der Waals surface area contributed by atoms with E-state index in [1.165, 1.54) is 11.1 Å². The number of thioether (sulfide) groups is 1. The van der Waals surface area contributed by atoms with Crippen LogP contribution in [0.1, 0.15) is 52.7 Å². The van der Waals surface area contributed by atoms with Gasteiger partial charge in [-0.05, 0) is 40.2 Å². The van der Waals surface area contributed by atoms with Crippen molar-refractivity contribution in [2.75, 3.05) is 10.8 Å². The van der Waals surface area contributed by atoms with Crippen molar-refractivity contribution in [2.24, 2.45) is 0 Å². The van der Waals surface area contributed by atoms with Gasteiger partial charge in [-0.2, -0.15) is 0 Å². The Kier molecular flexibility index (Phi) is 4.89. The van der Waals surface area contributed by atoms with Gasteiger partial charge in [-0.1, -0.05) is 59.4 Å². The van der Waals surface area contributed by atoms with Gasteiger partial charge in [0, 0.05) is 18.0 Å². The largest absolute Gasteiger partial charge is 0.313 e. The molecule has 152 valence electrons. The van der Waals surface area contributed by atoms with E-state index in [0.29, 0.717) is 6.67 Å². The first kappa shape index (κ1) is 19.9. The number of rotatable bonds is 2. The molecular formula is C22H28N6S. The SMILES string of the molecule is CC(C)(C)c1cc(-c2nnc3n2CN(c2ncccn2)CS3)cc(C(C)(C)C)c1. The third-order valence-corrected chi connectivity index (χ3v) is 6.14. The second-order valence-corrected chi connectivity index (χ2v) is 10.4. The Morgan fingerprint density at radius 1 is 0.862 bits per heavy atom. The zero-order valence-corrected chi connectivity index (χ0v) is 18.8. The molecule has 6 nitrogen and oxygen atoms in total. The van der Waals surface area contributed by atoms with E-state index in [2.05, 4.69) is 89.4 Å². The lowest BCUT2D eigenvalue weighted by Gasteiger charge is -2.29. The number of nitrogens with zero attached hydrogens (tertiary/aromatic N) is 6. The highest BCUT2D eigenvalue weighted by Gasteiger charge is 2.26. The maximum Gasteiger partial charge on any atom is 0.227 e. The number of fused-ring (bicyclic) bond motifs is 1. The lowest BCUT2D eigenvalue weighted by atomic mass is 9.79. The molecule has 0 saturated heterocycles. The van der Waals surface area contributed by atoms with Crippen molar-refractivity contribution in [3.05, 3.63) is 47.8 Å². The van der Waals surface area contributed by atoms with Gasteiger partial charge in [-0.15, -0.1) is 10.2 Å². The molecular weight excluding hydrogens is 380 g/mol. The topological polar surface area (TPSA) is 59.7 Å². The summed E-state index contributed by atoms with van der Waals surface area (Å²) in [6, 6.07) is 8.68. The Labute approximate surface area is 176 Å². The van der Waals surface area contributed by atoms with Gasteiger partial charge in [0.2, 0.25) is 5.95 Å². The summed E-state index contributed by atoms with van der Waals surface area (Å²) in [4.78, 5) is 10.9. The van der Waals surface area contributed by atoms with Gasteiger partial charge in [0.05, 0.1) is 5.88 Å². The summed E-state index contributed by atoms with van der Waals surface area (Å²) in [6.45, 7) is 14.2. The van der Waals surface area contributed by atoms with Gasteiger partial charge < -0.3 is 4.90 Å². The molecule has 29 heavy (non-hydrogen) atoms. The smallest absolute Gasteiger partial charge is 0.227 e. The first-order chi connectivity index (χ1) is 13.6. The molecule has 0 fully saturated rings. The molecule has 0 radical (unpaired) electrons. The molecule has 1 aromatic carbocycles. The van der Waals surface area contributed by atoms with Gasteiger partial charge in [0.15, 0.2) is 11.0 Å². The standard InChI is InChI=1S/C22H28N6S/c1-21(2,3)16-10-15(11-17(12-16)22(4,5)6)18-25-26-20-28(18)13-27(14-29-20)19-23-8-7-9-24-19/h7-12H,13-14H2,1-6H3. The van der Waals surface area contributed by atoms with Gasteiger partial charge in [-0.25, -0.2) is 9.97 Å². The Hall–Kier alpha value is -2.41. The van der Waals surface area contributed by atoms with Gasteiger partial charge in [-0.3, -0.25) is 4.57 Å². The zero-order valence-electron chi connectivity index (χ0n) is 18.0. The summed E-state index contributed by atoms with van der Waals surface area (Å²) < 4.78 is 2.17. The second kappa shape index (κ2) is 7.13. The number of benzene rings is 1. The maximum absolute atomic E-state index is 4.57. The molecule has 0 N–H and O–H groups in total. The lowest BCUT2D eigenvalue weighted by molar-refractivity contribution is 0.568. The van der Waals surface area contributed by atoms with Crippen LogP contribution in [0.3, 0.4) is 0 Å². The quantitative estimate of drug-likeness (QED) is 0.604. The van der Waals surface area contributed by atoms with E-state index < -0.39 is 0 Å². The third kappa shape index (κ3) is 4.01. The van der Waals surface area contributed by atoms with Crippen LogP contribution in [0, 0.1) is 0 Å². The molecule has 3 aromatic rings. The molecule has 7 heteroatoms. The molecule has 0 spiro atoms. The van der Waals surface area contributed by atoms with Crippen LogP contribution in [0.15, 0.2) is 41.8 Å². The first-order valence-corrected chi connectivity index (χ1v) is 10.9. The van der Waals surface area contributed by atoms with E-state index in [9.17, 15) is 0 Å². The fourth-order valence-electron chi connectivity index (χ4n) is 3.28. The summed E-state index contributed by atoms with van der Waals surface area (Å²) in [6.07, 6.45) is 3.55. The van der Waals surface area contributed by atoms with Gasteiger partial charge in [0.1, 0.15) is 6.67 Å². The van der Waals surface area contributed by atoms with Crippen molar-refractivity contribution < 1.29 is 0 Å². The summed E-state index contributed by atoms with van der Waals surface area (Å²) in [7, 11) is 0. The van der Waals surface area contributed by atoms with Crippen molar-refractivity contribution >= 4 is 17.7 Å². The Morgan fingerprint density at radius 3 is 2.07 bits per heavy atom. The molecule has 1 aliphatic rings. The monoisotopic (exact) mass is 408 g/mol. The van der Waals surface area contributed by atoms with E-state index in [-0.39, 0.29) is 10.8 Å². The minimum Gasteiger partial charge on any atom is -0.313 e. The minimum atomic E-state index is 0.0550. The second-order valence-electron chi connectivity index (χ2n) is 9.54. The highest BCUT2D eigenvalue weighted by atomic mass is 32.2. The van der Waals surface area contributed by atoms with Crippen LogP contribution in [0.25, 0.3) is 11.4 Å². The molecule has 2 aromatic heterocycles. The summed E-state index contributed by atoms with van der Waals surface area (Å²) in [5.41, 5.74) is 3.84. The number of hydrogen-bond donors (Lipinski definition) is 0. The summed E-state index contributed by atoms with van der Waals surface area (Å²) >= 11 is 1.66. The van der Waals surface area contributed by atoms with Crippen molar-refractivity contribution in [1.82, 2.24) is 24.7 Å². The molecule has 0 atom stereocenters. The normalized spacial score (nSPS) is 14.8. The van der Waals surface area contributed by atoms with Crippen molar-refractivity contribution in [3.8, 4) is 11.4 Å². The number of hydrogen-bond acceptors (Lipinski definition) is 6. The average molecular weight is 409 g/mol. The van der Waals surface area contributed by atoms with Crippen LogP contribution in [-0.2, 0) is 17.5 Å². The van der Waals surface area contributed by atoms with E-state index >= 15 is 0 Å². The minimum absolute atomic E-state index is 0.0550. The molecule has 3 heterocycles. The molecule has 0 aliphatic carbocycles. The summed E-state index contributed by atoms with van der Waals surface area (Å²) in [5.74, 6) is 2.38. The lowest BCUT2D eigenvalue weighted by Crippen LogP contribution is -2.31. The van der Waals surface area contributed by atoms with Crippen molar-refractivity contribution in [2.45, 2.75) is 64.2 Å². The van der Waals surface area contributed by atoms with E-state index in [0.717, 1.165) is 28.4 Å². The zero-order chi connectivity index (χ0) is 20.8. The van der Waals surface area contributed by atoms with Gasteiger partial charge >= 0.3 is 0 Å². The Morgan fingerprint density at radius 2 is 1.48 bits per heavy atom. The van der Waals surface area contributed by atoms with E-state index in [4.69, 9.17) is 0 Å². The molecule has 1 aliphatic heterocycles. The highest BCUT2D eigenvalue weighted by Crippen LogP contribution is 2.35. The summed E-state index contributed by atoms with van der Waals surface area (Å²) in [5, 5.41) is 9.96. The molecule has 0 unspecified atom stereocenters. The fourth-order valence-corrected chi connectivity index (χ4v) is 4.15. The van der Waals surface area contributed by atoms with E-state index in [1.54, 1.807) is 24.2 Å². The molecule has 0 saturated carbocycles. The first-order valence-electron chi connectivity index (χ1n) is 9.87. The predicted octanol–water partition coefficient (Wildman–Crippen LogP) is 4.86. The third-order valence-electron chi connectivity index (χ3n) is 5.14. The van der Waals surface area contributed by atoms with E-state index in [1.807, 2.05) is 6.07 Å². The van der Waals surface area contributed by atoms with Crippen LogP contribution in [-0.4, -0.2) is 30.6 Å². The van der Waals surface area contributed by atoms with Gasteiger partial charge in [0.25, 0.3) is 0 Å². The van der Waals surface area contributed by atoms with Crippen LogP contribution >= 0.6 is 11.8 Å². The van der Waals surface area contributed by atoms with Crippen molar-refractivity contribution in [3.63, 3.8) is 0 Å². The molecule has 0 amide bonds. The fraction of sp³-hybridized carbons (Fsp3) is 0.455. The van der Waals surface area contributed by atoms with Crippen LogP contribution in [0.2, 0.25) is 0 Å². The Bertz CT molecular complexity index is 982. The number of aromatic nitrogens is 5. The van der Waals surface area contributed by atoms with Crippen molar-refractivity contribution in [1.29, 1.82) is 0 Å². The predicted molar refractivity (Wildman–Crippen MR) is 118 cm³/mol. The van der Waals surface area contributed by atoms with Crippen LogP contribution < -0.4 is 4.90 Å². The van der Waals surface area contributed by atoms with Crippen LogP contribution in [0.5, 0.6) is 0 Å². The molecule has 4 rings (SSSR count).